The van der Waals surface area contributed by atoms with E-state index >= 15 is 0 Å². The Kier molecular flexibility index (Phi) is 5.22. The molecule has 1 saturated carbocycles. The maximum absolute atomic E-state index is 12.7. The van der Waals surface area contributed by atoms with Crippen LogP contribution in [0.1, 0.15) is 32.1 Å². The van der Waals surface area contributed by atoms with E-state index in [1.165, 1.54) is 19.3 Å². The zero-order valence-electron chi connectivity index (χ0n) is 14.9. The number of rotatable bonds is 4. The number of hydrogen-bond donors (Lipinski definition) is 1. The number of likely N-dealkylation sites (tertiary alicyclic amines) is 1. The van der Waals surface area contributed by atoms with Gasteiger partial charge in [-0.15, -0.1) is 0 Å². The molecule has 25 heavy (non-hydrogen) atoms. The quantitative estimate of drug-likeness (QED) is 0.905. The van der Waals surface area contributed by atoms with Crippen molar-refractivity contribution >= 4 is 11.7 Å². The number of carbonyl (C=O) groups is 1. The Morgan fingerprint density at radius 1 is 1.16 bits per heavy atom. The van der Waals surface area contributed by atoms with Crippen molar-refractivity contribution in [3.8, 4) is 0 Å². The zero-order chi connectivity index (χ0) is 17.1. The van der Waals surface area contributed by atoms with Gasteiger partial charge in [0.2, 0.25) is 0 Å². The van der Waals surface area contributed by atoms with Gasteiger partial charge in [-0.05, 0) is 31.6 Å². The molecule has 3 aliphatic rings. The lowest BCUT2D eigenvalue weighted by molar-refractivity contribution is 0.0360. The second-order valence-electron chi connectivity index (χ2n) is 7.47. The minimum atomic E-state index is 0.0457. The van der Waals surface area contributed by atoms with Crippen LogP contribution in [0.15, 0.2) is 12.4 Å². The van der Waals surface area contributed by atoms with Crippen LogP contribution in [0.3, 0.4) is 0 Å². The fourth-order valence-electron chi connectivity index (χ4n) is 4.52. The van der Waals surface area contributed by atoms with Crippen molar-refractivity contribution in [3.05, 3.63) is 12.4 Å². The number of aromatic nitrogens is 2. The number of carbonyl (C=O) groups excluding carboxylic acids is 1. The minimum absolute atomic E-state index is 0.0457. The topological polar surface area (TPSA) is 62.6 Å². The number of urea groups is 1. The lowest BCUT2D eigenvalue weighted by atomic mass is 9.92. The van der Waals surface area contributed by atoms with E-state index in [9.17, 15) is 4.79 Å². The number of fused-ring (bicyclic) bond motifs is 1. The maximum Gasteiger partial charge on any atom is 0.322 e. The second-order valence-corrected chi connectivity index (χ2v) is 7.47. The summed E-state index contributed by atoms with van der Waals surface area (Å²) >= 11 is 0. The summed E-state index contributed by atoms with van der Waals surface area (Å²) in [6.45, 7) is 6.30. The molecule has 0 spiro atoms. The molecule has 3 fully saturated rings. The van der Waals surface area contributed by atoms with Crippen LogP contribution >= 0.6 is 0 Å². The third-order valence-electron chi connectivity index (χ3n) is 5.89. The Bertz CT molecular complexity index is 584. The second kappa shape index (κ2) is 7.74. The summed E-state index contributed by atoms with van der Waals surface area (Å²) < 4.78 is 7.29. The van der Waals surface area contributed by atoms with E-state index in [1.54, 1.807) is 6.20 Å². The van der Waals surface area contributed by atoms with Crippen molar-refractivity contribution in [3.63, 3.8) is 0 Å². The van der Waals surface area contributed by atoms with Gasteiger partial charge in [-0.3, -0.25) is 9.58 Å². The van der Waals surface area contributed by atoms with Crippen LogP contribution in [-0.4, -0.2) is 71.0 Å². The van der Waals surface area contributed by atoms with Gasteiger partial charge in [0, 0.05) is 38.4 Å². The van der Waals surface area contributed by atoms with Gasteiger partial charge in [-0.2, -0.15) is 5.10 Å². The predicted octanol–water partition coefficient (Wildman–Crippen LogP) is 2.01. The Morgan fingerprint density at radius 2 is 2.00 bits per heavy atom. The Balaban J connectivity index is 1.29. The molecule has 1 aliphatic carbocycles. The molecule has 1 aromatic rings. The number of anilines is 1. The molecular weight excluding hydrogens is 318 g/mol. The maximum atomic E-state index is 12.7. The molecule has 1 N–H and O–H groups in total. The lowest BCUT2D eigenvalue weighted by Crippen LogP contribution is -2.48. The van der Waals surface area contributed by atoms with E-state index in [2.05, 4.69) is 20.2 Å². The van der Waals surface area contributed by atoms with Gasteiger partial charge in [0.25, 0.3) is 0 Å². The molecule has 0 aromatic carbocycles. The van der Waals surface area contributed by atoms with E-state index in [4.69, 9.17) is 4.74 Å². The van der Waals surface area contributed by atoms with Crippen LogP contribution in [0, 0.1) is 5.92 Å². The van der Waals surface area contributed by atoms with Crippen LogP contribution in [0.25, 0.3) is 0 Å². The van der Waals surface area contributed by atoms with Gasteiger partial charge in [0.05, 0.1) is 31.6 Å². The molecule has 2 aliphatic heterocycles. The first-order valence-electron chi connectivity index (χ1n) is 9.70. The highest BCUT2D eigenvalue weighted by Crippen LogP contribution is 2.36. The number of nitrogens with zero attached hydrogens (tertiary/aromatic N) is 4. The minimum Gasteiger partial charge on any atom is -0.379 e. The van der Waals surface area contributed by atoms with E-state index in [-0.39, 0.29) is 6.03 Å². The average molecular weight is 347 g/mol. The summed E-state index contributed by atoms with van der Waals surface area (Å²) in [6.07, 6.45) is 9.83. The van der Waals surface area contributed by atoms with E-state index in [0.29, 0.717) is 6.04 Å². The van der Waals surface area contributed by atoms with Gasteiger partial charge in [-0.1, -0.05) is 6.42 Å². The van der Waals surface area contributed by atoms with Gasteiger partial charge in [0.1, 0.15) is 0 Å². The molecule has 0 bridgehead atoms. The molecule has 2 atom stereocenters. The fraction of sp³-hybridized carbons (Fsp3) is 0.778. The Morgan fingerprint density at radius 3 is 2.88 bits per heavy atom. The van der Waals surface area contributed by atoms with Gasteiger partial charge in [-0.25, -0.2) is 4.79 Å². The number of ether oxygens (including phenoxy) is 1. The molecule has 2 saturated heterocycles. The highest BCUT2D eigenvalue weighted by atomic mass is 16.5. The van der Waals surface area contributed by atoms with Crippen LogP contribution in [0.4, 0.5) is 10.5 Å². The van der Waals surface area contributed by atoms with Crippen LogP contribution in [0.5, 0.6) is 0 Å². The van der Waals surface area contributed by atoms with Crippen molar-refractivity contribution in [1.29, 1.82) is 0 Å². The fourth-order valence-corrected chi connectivity index (χ4v) is 4.52. The molecule has 0 radical (unpaired) electrons. The SMILES string of the molecule is O=C(Nc1cnn(CCN2CCOCC2)c1)N1CCC[C@H]2CCC[C@@H]21. The van der Waals surface area contributed by atoms with Crippen LogP contribution in [0.2, 0.25) is 0 Å². The van der Waals surface area contributed by atoms with Crippen molar-refractivity contribution < 1.29 is 9.53 Å². The lowest BCUT2D eigenvalue weighted by Gasteiger charge is -2.37. The summed E-state index contributed by atoms with van der Waals surface area (Å²) in [5.41, 5.74) is 0.798. The largest absolute Gasteiger partial charge is 0.379 e. The van der Waals surface area contributed by atoms with Crippen LogP contribution in [-0.2, 0) is 11.3 Å². The van der Waals surface area contributed by atoms with Gasteiger partial charge in [0.15, 0.2) is 0 Å². The first-order valence-corrected chi connectivity index (χ1v) is 9.70. The predicted molar refractivity (Wildman–Crippen MR) is 95.6 cm³/mol. The number of amides is 2. The first kappa shape index (κ1) is 16.8. The molecule has 0 unspecified atom stereocenters. The van der Waals surface area contributed by atoms with E-state index in [1.807, 2.05) is 10.9 Å². The van der Waals surface area contributed by atoms with Crippen molar-refractivity contribution in [2.75, 3.05) is 44.7 Å². The number of morpholine rings is 1. The Hall–Kier alpha value is -1.60. The third-order valence-corrected chi connectivity index (χ3v) is 5.89. The summed E-state index contributed by atoms with van der Waals surface area (Å²) in [6, 6.07) is 0.495. The van der Waals surface area contributed by atoms with Crippen molar-refractivity contribution in [1.82, 2.24) is 19.6 Å². The van der Waals surface area contributed by atoms with Crippen molar-refractivity contribution in [2.45, 2.75) is 44.7 Å². The van der Waals surface area contributed by atoms with E-state index < -0.39 is 0 Å². The zero-order valence-corrected chi connectivity index (χ0v) is 14.9. The standard InChI is InChI=1S/C18H29N5O2/c24-18(23-6-2-4-15-3-1-5-17(15)23)20-16-13-19-22(14-16)8-7-21-9-11-25-12-10-21/h13-15,17H,1-12H2,(H,20,24)/t15-,17+/m1/s1. The number of hydrogen-bond acceptors (Lipinski definition) is 4. The third kappa shape index (κ3) is 3.98. The molecule has 2 amide bonds. The summed E-state index contributed by atoms with van der Waals surface area (Å²) in [4.78, 5) is 17.1. The van der Waals surface area contributed by atoms with E-state index in [0.717, 1.165) is 70.4 Å². The Labute approximate surface area is 149 Å². The summed E-state index contributed by atoms with van der Waals surface area (Å²) in [5.74, 6) is 0.718. The molecule has 138 valence electrons. The molecule has 7 nitrogen and oxygen atoms in total. The molecule has 1 aromatic heterocycles. The highest BCUT2D eigenvalue weighted by Gasteiger charge is 2.37. The van der Waals surface area contributed by atoms with Gasteiger partial charge < -0.3 is 15.0 Å². The monoisotopic (exact) mass is 347 g/mol. The number of nitrogens with one attached hydrogen (secondary N) is 1. The van der Waals surface area contributed by atoms with Crippen molar-refractivity contribution in [2.24, 2.45) is 5.92 Å². The molecule has 3 heterocycles. The van der Waals surface area contributed by atoms with Crippen LogP contribution < -0.4 is 5.32 Å². The molecule has 4 rings (SSSR count). The highest BCUT2D eigenvalue weighted by molar-refractivity contribution is 5.89. The number of piperidine rings is 1. The first-order chi connectivity index (χ1) is 12.3. The summed E-state index contributed by atoms with van der Waals surface area (Å²) in [5, 5.41) is 7.44. The molecular formula is C18H29N5O2. The normalized spacial score (nSPS) is 27.3. The average Bonchev–Trinajstić information content (AvgIpc) is 3.29. The molecule has 7 heteroatoms. The summed E-state index contributed by atoms with van der Waals surface area (Å²) in [7, 11) is 0. The van der Waals surface area contributed by atoms with Gasteiger partial charge >= 0.3 is 6.03 Å². The smallest absolute Gasteiger partial charge is 0.322 e.